The van der Waals surface area contributed by atoms with Crippen molar-refractivity contribution in [1.29, 1.82) is 0 Å². The zero-order valence-electron chi connectivity index (χ0n) is 23.3. The highest BCUT2D eigenvalue weighted by atomic mass is 35.5. The highest BCUT2D eigenvalue weighted by molar-refractivity contribution is 7.15. The molecule has 13 heteroatoms. The van der Waals surface area contributed by atoms with Crippen LogP contribution in [0.1, 0.15) is 32.2 Å². The molecule has 1 aliphatic heterocycles. The maximum Gasteiger partial charge on any atom is 0.410 e. The van der Waals surface area contributed by atoms with E-state index in [9.17, 15) is 9.18 Å². The summed E-state index contributed by atoms with van der Waals surface area (Å²) in [6.07, 6.45) is 1.76. The van der Waals surface area contributed by atoms with E-state index in [-0.39, 0.29) is 19.5 Å². The Morgan fingerprint density at radius 1 is 1.27 bits per heavy atom. The monoisotopic (exact) mass is 589 g/mol. The molecule has 2 atom stereocenters. The van der Waals surface area contributed by atoms with Crippen LogP contribution in [-0.2, 0) is 4.74 Å². The highest BCUT2D eigenvalue weighted by Gasteiger charge is 2.33. The normalized spacial score (nSPS) is 17.6. The molecule has 1 aliphatic rings. The van der Waals surface area contributed by atoms with Crippen molar-refractivity contribution in [2.24, 2.45) is 4.99 Å². The number of amides is 1. The number of aryl methyl sites for hydroxylation is 1. The second kappa shape index (κ2) is 12.3. The van der Waals surface area contributed by atoms with Gasteiger partial charge in [-0.3, -0.25) is 0 Å². The van der Waals surface area contributed by atoms with Crippen LogP contribution in [0.25, 0.3) is 10.6 Å². The summed E-state index contributed by atoms with van der Waals surface area (Å²) in [5, 5.41) is 4.35. The van der Waals surface area contributed by atoms with Gasteiger partial charge in [-0.05, 0) is 52.0 Å². The van der Waals surface area contributed by atoms with Crippen molar-refractivity contribution in [2.45, 2.75) is 51.9 Å². The Bertz CT molecular complexity index is 1380. The molecular formula is C27H33ClFN7O3S. The van der Waals surface area contributed by atoms with Gasteiger partial charge < -0.3 is 24.6 Å². The van der Waals surface area contributed by atoms with E-state index in [1.807, 2.05) is 25.9 Å². The summed E-state index contributed by atoms with van der Waals surface area (Å²) >= 11 is 7.89. The van der Waals surface area contributed by atoms with Crippen molar-refractivity contribution in [3.63, 3.8) is 0 Å². The fraction of sp³-hybridized carbons (Fsp3) is 0.444. The number of halogens is 2. The first-order valence-corrected chi connectivity index (χ1v) is 13.9. The maximum absolute atomic E-state index is 14.5. The summed E-state index contributed by atoms with van der Waals surface area (Å²) in [6, 6.07) is 6.61. The number of nitrogens with one attached hydrogen (secondary N) is 1. The Balaban J connectivity index is 1.50. The number of benzene rings is 1. The number of rotatable bonds is 7. The average Bonchev–Trinajstić information content (AvgIpc) is 3.23. The Morgan fingerprint density at radius 3 is 2.75 bits per heavy atom. The molecule has 1 aromatic carbocycles. The van der Waals surface area contributed by atoms with Gasteiger partial charge in [0.05, 0.1) is 34.3 Å². The van der Waals surface area contributed by atoms with Crippen LogP contribution < -0.4 is 10.1 Å². The van der Waals surface area contributed by atoms with E-state index >= 15 is 0 Å². The number of hydrogen-bond donors (Lipinski definition) is 1. The molecule has 40 heavy (non-hydrogen) atoms. The minimum Gasteiger partial charge on any atom is -0.444 e. The van der Waals surface area contributed by atoms with Crippen LogP contribution >= 0.6 is 22.9 Å². The topological polar surface area (TPSA) is 105 Å². The van der Waals surface area contributed by atoms with Gasteiger partial charge in [0.1, 0.15) is 22.4 Å². The number of ether oxygens (including phenoxy) is 2. The van der Waals surface area contributed by atoms with E-state index in [0.29, 0.717) is 38.9 Å². The predicted octanol–water partition coefficient (Wildman–Crippen LogP) is 6.34. The highest BCUT2D eigenvalue weighted by Crippen LogP contribution is 2.40. The Labute approximate surface area is 242 Å². The molecule has 0 unspecified atom stereocenters. The van der Waals surface area contributed by atoms with E-state index in [2.05, 4.69) is 25.3 Å². The molecule has 1 fully saturated rings. The van der Waals surface area contributed by atoms with Gasteiger partial charge in [-0.1, -0.05) is 11.6 Å². The van der Waals surface area contributed by atoms with Crippen molar-refractivity contribution >= 4 is 47.0 Å². The Morgan fingerprint density at radius 2 is 2.05 bits per heavy atom. The molecule has 1 N–H and O–H groups in total. The first kappa shape index (κ1) is 29.5. The molecule has 0 saturated carbocycles. The summed E-state index contributed by atoms with van der Waals surface area (Å²) in [5.41, 5.74) is 0.605. The van der Waals surface area contributed by atoms with Crippen molar-refractivity contribution in [2.75, 3.05) is 32.5 Å². The van der Waals surface area contributed by atoms with Crippen LogP contribution in [0, 0.1) is 6.92 Å². The molecule has 4 rings (SSSR count). The van der Waals surface area contributed by atoms with Gasteiger partial charge in [0, 0.05) is 39.3 Å². The number of thiazole rings is 1. The van der Waals surface area contributed by atoms with Gasteiger partial charge in [-0.25, -0.2) is 29.1 Å². The molecule has 0 aliphatic carbocycles. The van der Waals surface area contributed by atoms with Crippen LogP contribution in [0.2, 0.25) is 5.02 Å². The van der Waals surface area contributed by atoms with Gasteiger partial charge in [-0.15, -0.1) is 11.3 Å². The number of aromatic nitrogens is 3. The van der Waals surface area contributed by atoms with Gasteiger partial charge in [0.15, 0.2) is 0 Å². The molecule has 0 spiro atoms. The van der Waals surface area contributed by atoms with Gasteiger partial charge in [-0.2, -0.15) is 0 Å². The van der Waals surface area contributed by atoms with Gasteiger partial charge >= 0.3 is 6.09 Å². The summed E-state index contributed by atoms with van der Waals surface area (Å²) in [6.45, 7) is 7.46. The fourth-order valence-corrected chi connectivity index (χ4v) is 4.96. The number of alkyl halides is 1. The quantitative estimate of drug-likeness (QED) is 0.252. The zero-order chi connectivity index (χ0) is 29.0. The minimum atomic E-state index is -1.20. The number of nitrogens with zero attached hydrogens (tertiary/aromatic N) is 6. The third kappa shape index (κ3) is 8.01. The summed E-state index contributed by atoms with van der Waals surface area (Å²) < 4.78 is 26.1. The smallest absolute Gasteiger partial charge is 0.410 e. The second-order valence-corrected chi connectivity index (χ2v) is 12.2. The third-order valence-corrected chi connectivity index (χ3v) is 6.81. The number of piperidine rings is 1. The number of hydrogen-bond acceptors (Lipinski definition) is 9. The molecule has 3 heterocycles. The molecule has 1 amide bonds. The van der Waals surface area contributed by atoms with Crippen LogP contribution in [0.5, 0.6) is 11.6 Å². The number of anilines is 1. The fourth-order valence-electron chi connectivity index (χ4n) is 3.93. The Kier molecular flexibility index (Phi) is 9.09. The van der Waals surface area contributed by atoms with Crippen molar-refractivity contribution in [3.8, 4) is 22.2 Å². The maximum atomic E-state index is 14.5. The summed E-state index contributed by atoms with van der Waals surface area (Å²) in [5.74, 6) is 1.10. The van der Waals surface area contributed by atoms with Crippen LogP contribution in [0.3, 0.4) is 0 Å². The van der Waals surface area contributed by atoms with Gasteiger partial charge in [0.2, 0.25) is 11.8 Å². The standard InChI is InChI=1S/C27H33ClFN7O3S/c1-16-32-24(38-22-8-7-18(12-20(22)28)31-15-35(5)6)23(40-16)21-9-10-30-25(34-21)33-19-11-17(29)13-36(14-19)26(37)39-27(2,3)4/h7-10,12,15,17,19H,11,13-14H2,1-6H3,(H,30,33,34)/b31-15+/t17-,19-/m0/s1. The first-order valence-electron chi connectivity index (χ1n) is 12.7. The van der Waals surface area contributed by atoms with E-state index in [4.69, 9.17) is 21.1 Å². The molecule has 0 radical (unpaired) electrons. The lowest BCUT2D eigenvalue weighted by molar-refractivity contribution is 0.0124. The minimum absolute atomic E-state index is 0.0135. The largest absolute Gasteiger partial charge is 0.444 e. The lowest BCUT2D eigenvalue weighted by Gasteiger charge is -2.36. The number of carbonyl (C=O) groups is 1. The van der Waals surface area contributed by atoms with E-state index < -0.39 is 23.9 Å². The van der Waals surface area contributed by atoms with Crippen molar-refractivity contribution in [3.05, 3.63) is 40.5 Å². The number of likely N-dealkylation sites (tertiary alicyclic amines) is 1. The second-order valence-electron chi connectivity index (χ2n) is 10.6. The van der Waals surface area contributed by atoms with Crippen LogP contribution in [0.4, 0.5) is 20.8 Å². The summed E-state index contributed by atoms with van der Waals surface area (Å²) in [4.78, 5) is 34.3. The number of aliphatic imine (C=N–C) groups is 1. The van der Waals surface area contributed by atoms with Crippen molar-refractivity contribution in [1.82, 2.24) is 24.8 Å². The van der Waals surface area contributed by atoms with E-state index in [1.165, 1.54) is 16.2 Å². The number of carbonyl (C=O) groups excluding carboxylic acids is 1. The first-order chi connectivity index (χ1) is 18.9. The summed E-state index contributed by atoms with van der Waals surface area (Å²) in [7, 11) is 3.77. The molecular weight excluding hydrogens is 557 g/mol. The van der Waals surface area contributed by atoms with Crippen LogP contribution in [0.15, 0.2) is 35.5 Å². The van der Waals surface area contributed by atoms with Crippen LogP contribution in [-0.4, -0.2) is 82.2 Å². The Hall–Kier alpha value is -3.51. The van der Waals surface area contributed by atoms with Gasteiger partial charge in [0.25, 0.3) is 0 Å². The zero-order valence-corrected chi connectivity index (χ0v) is 24.9. The van der Waals surface area contributed by atoms with Crippen molar-refractivity contribution < 1.29 is 18.7 Å². The lowest BCUT2D eigenvalue weighted by Crippen LogP contribution is -2.51. The van der Waals surface area contributed by atoms with E-state index in [0.717, 1.165) is 5.01 Å². The SMILES string of the molecule is Cc1nc(Oc2ccc(/N=C/N(C)C)cc2Cl)c(-c2ccnc(N[C@H]3C[C@H](F)CN(C(=O)OC(C)(C)C)C3)n2)s1. The third-order valence-electron chi connectivity index (χ3n) is 5.54. The average molecular weight is 590 g/mol. The molecule has 2 aromatic heterocycles. The molecule has 10 nitrogen and oxygen atoms in total. The molecule has 1 saturated heterocycles. The molecule has 3 aromatic rings. The molecule has 214 valence electrons. The predicted molar refractivity (Wildman–Crippen MR) is 156 cm³/mol. The van der Waals surface area contributed by atoms with E-state index in [1.54, 1.807) is 57.6 Å². The molecule has 0 bridgehead atoms. The lowest BCUT2D eigenvalue weighted by atomic mass is 10.0.